The van der Waals surface area contributed by atoms with Crippen molar-refractivity contribution in [2.45, 2.75) is 12.4 Å². The van der Waals surface area contributed by atoms with Crippen molar-refractivity contribution < 1.29 is 14.6 Å². The molecule has 2 atom stereocenters. The summed E-state index contributed by atoms with van der Waals surface area (Å²) in [5.41, 5.74) is 0.968. The molecule has 1 aromatic rings. The zero-order valence-corrected chi connectivity index (χ0v) is 9.11. The lowest BCUT2D eigenvalue weighted by atomic mass is 10.2. The standard InChI is InChI=1S/C10H11BrO3/c11-8-3-1-2-7(4-8)10-13-6-9(5-12)14-10/h1-4,9-10,12H,5-6H2. The molecular formula is C10H11BrO3. The van der Waals surface area contributed by atoms with Crippen LogP contribution in [0.4, 0.5) is 0 Å². The Labute approximate surface area is 90.8 Å². The number of hydrogen-bond acceptors (Lipinski definition) is 3. The molecule has 0 radical (unpaired) electrons. The summed E-state index contributed by atoms with van der Waals surface area (Å²) in [7, 11) is 0. The lowest BCUT2D eigenvalue weighted by Gasteiger charge is -2.10. The number of ether oxygens (including phenoxy) is 2. The first-order valence-electron chi connectivity index (χ1n) is 4.43. The van der Waals surface area contributed by atoms with Crippen LogP contribution >= 0.6 is 15.9 Å². The van der Waals surface area contributed by atoms with Gasteiger partial charge in [-0.3, -0.25) is 0 Å². The van der Waals surface area contributed by atoms with E-state index in [-0.39, 0.29) is 19.0 Å². The molecule has 3 nitrogen and oxygen atoms in total. The molecule has 1 saturated heterocycles. The number of halogens is 1. The number of rotatable bonds is 2. The summed E-state index contributed by atoms with van der Waals surface area (Å²) in [6, 6.07) is 7.76. The lowest BCUT2D eigenvalue weighted by molar-refractivity contribution is -0.0676. The Morgan fingerprint density at radius 1 is 1.50 bits per heavy atom. The van der Waals surface area contributed by atoms with E-state index in [4.69, 9.17) is 14.6 Å². The van der Waals surface area contributed by atoms with Gasteiger partial charge in [-0.05, 0) is 12.1 Å². The fraction of sp³-hybridized carbons (Fsp3) is 0.400. The maximum absolute atomic E-state index is 8.87. The maximum Gasteiger partial charge on any atom is 0.184 e. The molecule has 14 heavy (non-hydrogen) atoms. The van der Waals surface area contributed by atoms with Gasteiger partial charge in [0.25, 0.3) is 0 Å². The summed E-state index contributed by atoms with van der Waals surface area (Å²) < 4.78 is 11.8. The second kappa shape index (κ2) is 4.40. The van der Waals surface area contributed by atoms with Crippen molar-refractivity contribution in [2.24, 2.45) is 0 Å². The summed E-state index contributed by atoms with van der Waals surface area (Å²) in [4.78, 5) is 0. The number of aliphatic hydroxyl groups excluding tert-OH is 1. The van der Waals surface area contributed by atoms with E-state index in [0.717, 1.165) is 10.0 Å². The first kappa shape index (κ1) is 10.1. The van der Waals surface area contributed by atoms with Crippen LogP contribution in [0, 0.1) is 0 Å². The summed E-state index contributed by atoms with van der Waals surface area (Å²) in [6.45, 7) is 0.457. The van der Waals surface area contributed by atoms with E-state index in [1.54, 1.807) is 0 Å². The summed E-state index contributed by atoms with van der Waals surface area (Å²) in [5.74, 6) is 0. The van der Waals surface area contributed by atoms with Crippen LogP contribution in [0.1, 0.15) is 11.9 Å². The van der Waals surface area contributed by atoms with Crippen molar-refractivity contribution in [1.82, 2.24) is 0 Å². The van der Waals surface area contributed by atoms with Gasteiger partial charge in [-0.15, -0.1) is 0 Å². The van der Waals surface area contributed by atoms with Crippen molar-refractivity contribution in [3.63, 3.8) is 0 Å². The number of aliphatic hydroxyl groups is 1. The minimum Gasteiger partial charge on any atom is -0.394 e. The van der Waals surface area contributed by atoms with Gasteiger partial charge in [0.2, 0.25) is 0 Å². The molecule has 0 bridgehead atoms. The van der Waals surface area contributed by atoms with Crippen molar-refractivity contribution in [1.29, 1.82) is 0 Å². The molecular weight excluding hydrogens is 248 g/mol. The fourth-order valence-corrected chi connectivity index (χ4v) is 1.79. The Morgan fingerprint density at radius 2 is 2.36 bits per heavy atom. The Morgan fingerprint density at radius 3 is 3.00 bits per heavy atom. The zero-order valence-electron chi connectivity index (χ0n) is 7.52. The molecule has 76 valence electrons. The normalized spacial score (nSPS) is 26.7. The highest BCUT2D eigenvalue weighted by Gasteiger charge is 2.26. The molecule has 1 N–H and O–H groups in total. The second-order valence-electron chi connectivity index (χ2n) is 3.16. The molecule has 2 unspecified atom stereocenters. The van der Waals surface area contributed by atoms with Crippen molar-refractivity contribution >= 4 is 15.9 Å². The second-order valence-corrected chi connectivity index (χ2v) is 4.08. The van der Waals surface area contributed by atoms with Crippen LogP contribution in [-0.2, 0) is 9.47 Å². The molecule has 1 aromatic carbocycles. The molecule has 4 heteroatoms. The molecule has 1 fully saturated rings. The number of hydrogen-bond donors (Lipinski definition) is 1. The average Bonchev–Trinajstić information content (AvgIpc) is 2.66. The third-order valence-corrected chi connectivity index (χ3v) is 2.57. The Balaban J connectivity index is 2.09. The molecule has 1 aliphatic rings. The topological polar surface area (TPSA) is 38.7 Å². The highest BCUT2D eigenvalue weighted by molar-refractivity contribution is 9.10. The fourth-order valence-electron chi connectivity index (χ4n) is 1.37. The van der Waals surface area contributed by atoms with E-state index in [0.29, 0.717) is 6.61 Å². The zero-order chi connectivity index (χ0) is 9.97. The Hall–Kier alpha value is -0.420. The van der Waals surface area contributed by atoms with Gasteiger partial charge in [-0.1, -0.05) is 28.1 Å². The van der Waals surface area contributed by atoms with E-state index in [9.17, 15) is 0 Å². The largest absolute Gasteiger partial charge is 0.394 e. The minimum atomic E-state index is -0.343. The highest BCUT2D eigenvalue weighted by atomic mass is 79.9. The SMILES string of the molecule is OCC1COC(c2cccc(Br)c2)O1. The predicted molar refractivity (Wildman–Crippen MR) is 54.8 cm³/mol. The highest BCUT2D eigenvalue weighted by Crippen LogP contribution is 2.28. The third kappa shape index (κ3) is 2.15. The van der Waals surface area contributed by atoms with Gasteiger partial charge in [0, 0.05) is 10.0 Å². The predicted octanol–water partition coefficient (Wildman–Crippen LogP) is 1.86. The van der Waals surface area contributed by atoms with Gasteiger partial charge in [-0.2, -0.15) is 0 Å². The number of benzene rings is 1. The summed E-state index contributed by atoms with van der Waals surface area (Å²) in [6.07, 6.45) is -0.538. The van der Waals surface area contributed by atoms with Gasteiger partial charge < -0.3 is 14.6 Å². The van der Waals surface area contributed by atoms with Gasteiger partial charge in [0.15, 0.2) is 6.29 Å². The van der Waals surface area contributed by atoms with Crippen LogP contribution in [0.5, 0.6) is 0 Å². The van der Waals surface area contributed by atoms with Crippen LogP contribution in [0.3, 0.4) is 0 Å². The quantitative estimate of drug-likeness (QED) is 0.880. The van der Waals surface area contributed by atoms with Gasteiger partial charge in [0.1, 0.15) is 6.10 Å². The lowest BCUT2D eigenvalue weighted by Crippen LogP contribution is -2.14. The Kier molecular flexibility index (Phi) is 3.18. The van der Waals surface area contributed by atoms with E-state index >= 15 is 0 Å². The first-order chi connectivity index (χ1) is 6.79. The van der Waals surface area contributed by atoms with Crippen molar-refractivity contribution in [3.8, 4) is 0 Å². The van der Waals surface area contributed by atoms with Gasteiger partial charge >= 0.3 is 0 Å². The monoisotopic (exact) mass is 258 g/mol. The van der Waals surface area contributed by atoms with E-state index in [1.165, 1.54) is 0 Å². The van der Waals surface area contributed by atoms with E-state index in [1.807, 2.05) is 24.3 Å². The van der Waals surface area contributed by atoms with Crippen LogP contribution in [0.15, 0.2) is 28.7 Å². The molecule has 0 amide bonds. The van der Waals surface area contributed by atoms with Crippen LogP contribution < -0.4 is 0 Å². The van der Waals surface area contributed by atoms with Crippen LogP contribution in [0.25, 0.3) is 0 Å². The smallest absolute Gasteiger partial charge is 0.184 e. The molecule has 0 saturated carbocycles. The molecule has 0 spiro atoms. The van der Waals surface area contributed by atoms with Crippen molar-refractivity contribution in [3.05, 3.63) is 34.3 Å². The van der Waals surface area contributed by atoms with Gasteiger partial charge in [0.05, 0.1) is 13.2 Å². The van der Waals surface area contributed by atoms with Crippen LogP contribution in [0.2, 0.25) is 0 Å². The average molecular weight is 259 g/mol. The third-order valence-electron chi connectivity index (χ3n) is 2.07. The van der Waals surface area contributed by atoms with E-state index < -0.39 is 0 Å². The Bertz CT molecular complexity index is 316. The van der Waals surface area contributed by atoms with Crippen molar-refractivity contribution in [2.75, 3.05) is 13.2 Å². The maximum atomic E-state index is 8.87. The van der Waals surface area contributed by atoms with Crippen LogP contribution in [-0.4, -0.2) is 24.4 Å². The first-order valence-corrected chi connectivity index (χ1v) is 5.22. The molecule has 0 aliphatic carbocycles. The van der Waals surface area contributed by atoms with E-state index in [2.05, 4.69) is 15.9 Å². The van der Waals surface area contributed by atoms with Gasteiger partial charge in [-0.25, -0.2) is 0 Å². The molecule has 2 rings (SSSR count). The molecule has 0 aromatic heterocycles. The molecule has 1 heterocycles. The molecule has 1 aliphatic heterocycles. The summed E-state index contributed by atoms with van der Waals surface area (Å²) in [5, 5.41) is 8.87. The minimum absolute atomic E-state index is 0.00447. The summed E-state index contributed by atoms with van der Waals surface area (Å²) >= 11 is 3.38.